The molecule has 0 atom stereocenters. The van der Waals surface area contributed by atoms with E-state index in [1.54, 1.807) is 0 Å². The largest absolute Gasteiger partial charge is 0.377 e. The normalized spacial score (nSPS) is 10.5. The SMILES string of the molecule is CCCN.CCCNc1nc(Cl)nc(NCCOCCOCCNc2nc(Cl)nc(NCCC)n2)n1.Clc1nc(Cl)nc(NCCOCCOCCNc2nc(Cl)nc(Cl)n2)n1. The van der Waals surface area contributed by atoms with Crippen LogP contribution in [0, 0.1) is 0 Å². The summed E-state index contributed by atoms with van der Waals surface area (Å²) in [5.74, 6) is 2.29. The van der Waals surface area contributed by atoms with Crippen molar-refractivity contribution in [3.8, 4) is 0 Å². The number of ether oxygens (including phenoxy) is 4. The van der Waals surface area contributed by atoms with Crippen LogP contribution in [-0.4, -0.2) is 158 Å². The van der Waals surface area contributed by atoms with Gasteiger partial charge in [-0.15, -0.1) is 0 Å². The molecule has 346 valence electrons. The van der Waals surface area contributed by atoms with Crippen LogP contribution in [0.1, 0.15) is 40.0 Å². The molecular weight excluding hydrogens is 939 g/mol. The Morgan fingerprint density at radius 2 is 0.532 bits per heavy atom. The Balaban J connectivity index is 0.000000399. The quantitative estimate of drug-likeness (QED) is 0.0346. The van der Waals surface area contributed by atoms with Crippen molar-refractivity contribution in [2.75, 3.05) is 131 Å². The maximum atomic E-state index is 5.91. The molecule has 0 bridgehead atoms. The van der Waals surface area contributed by atoms with Crippen LogP contribution >= 0.6 is 69.6 Å². The lowest BCUT2D eigenvalue weighted by molar-refractivity contribution is 0.0556. The molecule has 4 aromatic rings. The van der Waals surface area contributed by atoms with Gasteiger partial charge in [-0.3, -0.25) is 0 Å². The smallest absolute Gasteiger partial charge is 0.228 e. The zero-order valence-corrected chi connectivity index (χ0v) is 39.1. The monoisotopic (exact) mass is 989 g/mol. The van der Waals surface area contributed by atoms with Crippen LogP contribution in [0.3, 0.4) is 0 Å². The summed E-state index contributed by atoms with van der Waals surface area (Å²) in [6, 6.07) is 0. The van der Waals surface area contributed by atoms with Gasteiger partial charge in [-0.25, -0.2) is 0 Å². The Morgan fingerprint density at radius 1 is 0.323 bits per heavy atom. The summed E-state index contributed by atoms with van der Waals surface area (Å²) in [4.78, 5) is 47.4. The molecule has 29 heteroatoms. The van der Waals surface area contributed by atoms with Crippen molar-refractivity contribution in [3.63, 3.8) is 0 Å². The molecule has 0 aromatic carbocycles. The third-order valence-corrected chi connectivity index (χ3v) is 7.61. The molecule has 62 heavy (non-hydrogen) atoms. The average Bonchev–Trinajstić information content (AvgIpc) is 3.23. The minimum atomic E-state index is 0.0251. The fraction of sp³-hybridized carbons (Fsp3) is 0.636. The Labute approximate surface area is 390 Å². The van der Waals surface area contributed by atoms with E-state index in [4.69, 9.17) is 94.3 Å². The van der Waals surface area contributed by atoms with E-state index >= 15 is 0 Å². The molecule has 0 aliphatic rings. The maximum Gasteiger partial charge on any atom is 0.228 e. The second-order valence-electron chi connectivity index (χ2n) is 11.7. The predicted molar refractivity (Wildman–Crippen MR) is 244 cm³/mol. The second kappa shape index (κ2) is 34.8. The Hall–Kier alpha value is -3.62. The number of aromatic nitrogens is 12. The molecular formula is C33H53Cl6N19O4. The van der Waals surface area contributed by atoms with Crippen LogP contribution in [0.4, 0.5) is 35.7 Å². The van der Waals surface area contributed by atoms with Crippen LogP contribution in [-0.2, 0) is 18.9 Å². The van der Waals surface area contributed by atoms with Gasteiger partial charge in [-0.05, 0) is 95.4 Å². The summed E-state index contributed by atoms with van der Waals surface area (Å²) >= 11 is 34.5. The van der Waals surface area contributed by atoms with E-state index in [0.717, 1.165) is 38.9 Å². The molecule has 0 saturated heterocycles. The van der Waals surface area contributed by atoms with Gasteiger partial charge >= 0.3 is 0 Å². The molecule has 0 aliphatic carbocycles. The zero-order chi connectivity index (χ0) is 45.2. The first-order chi connectivity index (χ1) is 30.0. The number of nitrogens with two attached hydrogens (primary N) is 1. The minimum Gasteiger partial charge on any atom is -0.377 e. The number of halogens is 6. The van der Waals surface area contributed by atoms with Gasteiger partial charge in [0.15, 0.2) is 0 Å². The summed E-state index contributed by atoms with van der Waals surface area (Å²) < 4.78 is 21.9. The number of nitrogens with zero attached hydrogens (tertiary/aromatic N) is 12. The average molecular weight is 993 g/mol. The molecule has 23 nitrogen and oxygen atoms in total. The fourth-order valence-electron chi connectivity index (χ4n) is 3.88. The van der Waals surface area contributed by atoms with Crippen molar-refractivity contribution in [1.82, 2.24) is 59.8 Å². The highest BCUT2D eigenvalue weighted by atomic mass is 35.5. The molecule has 0 spiro atoms. The number of anilines is 6. The van der Waals surface area contributed by atoms with Crippen molar-refractivity contribution in [2.45, 2.75) is 40.0 Å². The van der Waals surface area contributed by atoms with Crippen LogP contribution in [0.25, 0.3) is 0 Å². The Kier molecular flexibility index (Phi) is 30.6. The molecule has 0 unspecified atom stereocenters. The summed E-state index contributed by atoms with van der Waals surface area (Å²) in [5, 5.41) is 18.5. The zero-order valence-electron chi connectivity index (χ0n) is 34.6. The molecule has 4 rings (SSSR count). The van der Waals surface area contributed by atoms with Crippen molar-refractivity contribution >= 4 is 105 Å². The van der Waals surface area contributed by atoms with Gasteiger partial charge < -0.3 is 56.6 Å². The highest BCUT2D eigenvalue weighted by molar-refractivity contribution is 6.31. The van der Waals surface area contributed by atoms with E-state index in [9.17, 15) is 0 Å². The summed E-state index contributed by atoms with van der Waals surface area (Å²) in [7, 11) is 0. The van der Waals surface area contributed by atoms with Gasteiger partial charge in [0, 0.05) is 39.3 Å². The van der Waals surface area contributed by atoms with E-state index in [0.29, 0.717) is 115 Å². The molecule has 0 aliphatic heterocycles. The Morgan fingerprint density at radius 3 is 0.758 bits per heavy atom. The lowest BCUT2D eigenvalue weighted by Gasteiger charge is -2.09. The maximum absolute atomic E-state index is 5.91. The number of nitrogens with one attached hydrogen (secondary N) is 6. The summed E-state index contributed by atoms with van der Waals surface area (Å²) in [6.45, 7) is 14.2. The third-order valence-electron chi connectivity index (χ3n) is 6.59. The van der Waals surface area contributed by atoms with E-state index in [1.165, 1.54) is 0 Å². The van der Waals surface area contributed by atoms with E-state index in [-0.39, 0.29) is 31.7 Å². The highest BCUT2D eigenvalue weighted by Gasteiger charge is 2.07. The highest BCUT2D eigenvalue weighted by Crippen LogP contribution is 2.12. The lowest BCUT2D eigenvalue weighted by atomic mass is 10.5. The summed E-state index contributed by atoms with van der Waals surface area (Å²) in [5.41, 5.74) is 5.03. The number of hydrogen-bond acceptors (Lipinski definition) is 23. The molecule has 0 fully saturated rings. The molecule has 4 heterocycles. The molecule has 0 amide bonds. The van der Waals surface area contributed by atoms with Crippen LogP contribution in [0.2, 0.25) is 31.7 Å². The van der Waals surface area contributed by atoms with Crippen molar-refractivity contribution in [3.05, 3.63) is 31.7 Å². The molecule has 8 N–H and O–H groups in total. The van der Waals surface area contributed by atoms with Crippen LogP contribution < -0.4 is 37.6 Å². The first-order valence-electron chi connectivity index (χ1n) is 19.5. The predicted octanol–water partition coefficient (Wildman–Crippen LogP) is 5.15. The van der Waals surface area contributed by atoms with Crippen molar-refractivity contribution in [2.24, 2.45) is 5.73 Å². The van der Waals surface area contributed by atoms with Crippen molar-refractivity contribution < 1.29 is 18.9 Å². The first-order valence-corrected chi connectivity index (χ1v) is 21.7. The molecule has 0 radical (unpaired) electrons. The number of hydrogen-bond donors (Lipinski definition) is 7. The van der Waals surface area contributed by atoms with Gasteiger partial charge in [0.1, 0.15) is 0 Å². The summed E-state index contributed by atoms with van der Waals surface area (Å²) in [6.07, 6.45) is 3.02. The van der Waals surface area contributed by atoms with E-state index in [2.05, 4.69) is 112 Å². The third kappa shape index (κ3) is 27.4. The standard InChI is InChI=1S/C18H30Cl2N10O2.C12H14Cl4N8O2.C3H9N/c1-3-5-21-15-25-13(19)27-17(29-15)23-7-9-31-11-12-32-10-8-24-18-28-14(20)26-16(30-18)22-6-4-2;13-7-19-8(14)22-11(21-7)17-1-3-25-5-6-26-4-2-18-12-23-9(15)20-10(16)24-12;1-2-3-4/h3-12H2,1-2H3,(H2,21,23,25,27,29)(H2,22,24,26,28,30);1-6H2,(H,17,19,21,22)(H,18,20,23,24);2-4H2,1H3. The minimum absolute atomic E-state index is 0.0251. The lowest BCUT2D eigenvalue weighted by Crippen LogP contribution is -2.17. The van der Waals surface area contributed by atoms with E-state index in [1.807, 2.05) is 0 Å². The molecule has 0 saturated carbocycles. The second-order valence-corrected chi connectivity index (χ2v) is 13.7. The molecule has 4 aromatic heterocycles. The van der Waals surface area contributed by atoms with Gasteiger partial charge in [-0.1, -0.05) is 20.8 Å². The number of rotatable bonds is 29. The van der Waals surface area contributed by atoms with Crippen molar-refractivity contribution in [1.29, 1.82) is 0 Å². The van der Waals surface area contributed by atoms with E-state index < -0.39 is 0 Å². The topological polar surface area (TPSA) is 290 Å². The first kappa shape index (κ1) is 54.5. The van der Waals surface area contributed by atoms with Gasteiger partial charge in [0.05, 0.1) is 52.9 Å². The van der Waals surface area contributed by atoms with Gasteiger partial charge in [0.2, 0.25) is 67.4 Å². The van der Waals surface area contributed by atoms with Gasteiger partial charge in [-0.2, -0.15) is 59.8 Å². The van der Waals surface area contributed by atoms with Gasteiger partial charge in [0.25, 0.3) is 0 Å². The van der Waals surface area contributed by atoms with Crippen LogP contribution in [0.5, 0.6) is 0 Å². The van der Waals surface area contributed by atoms with Crippen LogP contribution in [0.15, 0.2) is 0 Å². The Bertz CT molecular complexity index is 1630. The fourth-order valence-corrected chi connectivity index (χ4v) is 4.93.